The Hall–Kier alpha value is -2.21. The van der Waals surface area contributed by atoms with Gasteiger partial charge in [0.2, 0.25) is 0 Å². The lowest BCUT2D eigenvalue weighted by Gasteiger charge is -2.07. The van der Waals surface area contributed by atoms with Crippen LogP contribution in [0.4, 0.5) is 0 Å². The molecule has 0 fully saturated rings. The van der Waals surface area contributed by atoms with E-state index in [1.807, 2.05) is 13.8 Å². The van der Waals surface area contributed by atoms with E-state index >= 15 is 0 Å². The summed E-state index contributed by atoms with van der Waals surface area (Å²) >= 11 is 1.58. The van der Waals surface area contributed by atoms with Gasteiger partial charge in [-0.15, -0.1) is 11.3 Å². The van der Waals surface area contributed by atoms with Crippen LogP contribution in [0.3, 0.4) is 0 Å². The average Bonchev–Trinajstić information content (AvgIpc) is 2.81. The van der Waals surface area contributed by atoms with E-state index in [2.05, 4.69) is 10.3 Å². The van der Waals surface area contributed by atoms with Crippen molar-refractivity contribution in [3.8, 4) is 5.75 Å². The number of hydrogen-bond acceptors (Lipinski definition) is 5. The molecule has 116 valence electrons. The van der Waals surface area contributed by atoms with Gasteiger partial charge in [-0.1, -0.05) is 0 Å². The van der Waals surface area contributed by atoms with Crippen LogP contribution >= 0.6 is 11.3 Å². The van der Waals surface area contributed by atoms with Crippen LogP contribution in [-0.2, 0) is 11.3 Å². The number of Topliss-reactive ketones (excluding diaryl/α,β-unsaturated/α-hetero) is 1. The molecule has 1 heterocycles. The molecule has 2 rings (SSSR count). The first-order chi connectivity index (χ1) is 10.5. The van der Waals surface area contributed by atoms with Crippen LogP contribution in [0.5, 0.6) is 5.75 Å². The fraction of sp³-hybridized carbons (Fsp3) is 0.312. The Bertz CT molecular complexity index is 677. The second kappa shape index (κ2) is 7.17. The molecule has 2 aromatic rings. The maximum Gasteiger partial charge on any atom is 0.258 e. The van der Waals surface area contributed by atoms with Crippen molar-refractivity contribution in [2.45, 2.75) is 27.3 Å². The van der Waals surface area contributed by atoms with Crippen LogP contribution in [-0.4, -0.2) is 23.3 Å². The summed E-state index contributed by atoms with van der Waals surface area (Å²) in [7, 11) is 0. The number of rotatable bonds is 6. The number of carbonyl (C=O) groups excluding carboxylic acids is 2. The van der Waals surface area contributed by atoms with Gasteiger partial charge in [0.25, 0.3) is 5.91 Å². The second-order valence-electron chi connectivity index (χ2n) is 4.89. The van der Waals surface area contributed by atoms with Crippen molar-refractivity contribution >= 4 is 23.0 Å². The van der Waals surface area contributed by atoms with E-state index in [1.165, 1.54) is 6.92 Å². The lowest BCUT2D eigenvalue weighted by atomic mass is 10.1. The molecule has 6 heteroatoms. The number of thiazole rings is 1. The topological polar surface area (TPSA) is 68.3 Å². The summed E-state index contributed by atoms with van der Waals surface area (Å²) in [6, 6.07) is 6.72. The molecule has 0 aliphatic carbocycles. The molecule has 0 unspecified atom stereocenters. The predicted molar refractivity (Wildman–Crippen MR) is 85.4 cm³/mol. The van der Waals surface area contributed by atoms with Crippen LogP contribution in [0.1, 0.15) is 32.9 Å². The molecule has 0 spiro atoms. The van der Waals surface area contributed by atoms with Crippen molar-refractivity contribution in [3.05, 3.63) is 45.4 Å². The maximum absolute atomic E-state index is 11.8. The third-order valence-corrected chi connectivity index (χ3v) is 4.15. The van der Waals surface area contributed by atoms with Crippen LogP contribution in [0.15, 0.2) is 24.3 Å². The molecule has 0 radical (unpaired) electrons. The van der Waals surface area contributed by atoms with Gasteiger partial charge in [-0.3, -0.25) is 9.59 Å². The number of nitrogens with zero attached hydrogens (tertiary/aromatic N) is 1. The average molecular weight is 318 g/mol. The highest BCUT2D eigenvalue weighted by atomic mass is 32.1. The van der Waals surface area contributed by atoms with Gasteiger partial charge < -0.3 is 10.1 Å². The van der Waals surface area contributed by atoms with Gasteiger partial charge in [0.15, 0.2) is 12.4 Å². The molecule has 0 aliphatic heterocycles. The summed E-state index contributed by atoms with van der Waals surface area (Å²) in [5.74, 6) is 0.366. The number of aromatic nitrogens is 1. The first-order valence-corrected chi connectivity index (χ1v) is 7.71. The number of nitrogens with one attached hydrogen (secondary N) is 1. The zero-order valence-corrected chi connectivity index (χ0v) is 13.6. The molecule has 1 N–H and O–H groups in total. The largest absolute Gasteiger partial charge is 0.484 e. The minimum Gasteiger partial charge on any atom is -0.484 e. The second-order valence-corrected chi connectivity index (χ2v) is 6.18. The molecule has 1 amide bonds. The van der Waals surface area contributed by atoms with Crippen molar-refractivity contribution in [1.29, 1.82) is 0 Å². The molecule has 1 aromatic heterocycles. The van der Waals surface area contributed by atoms with E-state index in [1.54, 1.807) is 35.6 Å². The summed E-state index contributed by atoms with van der Waals surface area (Å²) in [6.07, 6.45) is 0. The first kappa shape index (κ1) is 16.2. The zero-order valence-electron chi connectivity index (χ0n) is 12.8. The van der Waals surface area contributed by atoms with Crippen molar-refractivity contribution in [2.75, 3.05) is 6.61 Å². The fourth-order valence-corrected chi connectivity index (χ4v) is 2.78. The molecule has 0 bridgehead atoms. The molecule has 0 aliphatic rings. The zero-order chi connectivity index (χ0) is 16.1. The Morgan fingerprint density at radius 2 is 1.91 bits per heavy atom. The van der Waals surface area contributed by atoms with E-state index in [0.29, 0.717) is 17.9 Å². The third-order valence-electron chi connectivity index (χ3n) is 3.08. The summed E-state index contributed by atoms with van der Waals surface area (Å²) < 4.78 is 5.39. The summed E-state index contributed by atoms with van der Waals surface area (Å²) in [5, 5.41) is 3.79. The van der Waals surface area contributed by atoms with Crippen molar-refractivity contribution < 1.29 is 14.3 Å². The number of ketones is 1. The van der Waals surface area contributed by atoms with Gasteiger partial charge in [0.05, 0.1) is 17.2 Å². The Balaban J connectivity index is 1.80. The van der Waals surface area contributed by atoms with Crippen LogP contribution in [0, 0.1) is 13.8 Å². The molecule has 22 heavy (non-hydrogen) atoms. The van der Waals surface area contributed by atoms with Crippen molar-refractivity contribution in [2.24, 2.45) is 0 Å². The van der Waals surface area contributed by atoms with Gasteiger partial charge in [-0.2, -0.15) is 0 Å². The van der Waals surface area contributed by atoms with Gasteiger partial charge in [0.1, 0.15) is 5.75 Å². The number of ether oxygens (including phenoxy) is 1. The Labute approximate surface area is 133 Å². The predicted octanol–water partition coefficient (Wildman–Crippen LogP) is 2.66. The van der Waals surface area contributed by atoms with E-state index in [4.69, 9.17) is 4.74 Å². The molecule has 0 saturated carbocycles. The molecule has 5 nitrogen and oxygen atoms in total. The number of amides is 1. The van der Waals surface area contributed by atoms with E-state index in [0.717, 1.165) is 15.6 Å². The van der Waals surface area contributed by atoms with Gasteiger partial charge >= 0.3 is 0 Å². The molecular weight excluding hydrogens is 300 g/mol. The summed E-state index contributed by atoms with van der Waals surface area (Å²) in [4.78, 5) is 28.3. The van der Waals surface area contributed by atoms with E-state index in [9.17, 15) is 9.59 Å². The van der Waals surface area contributed by atoms with Gasteiger partial charge in [0, 0.05) is 10.4 Å². The number of aryl methyl sites for hydroxylation is 2. The van der Waals surface area contributed by atoms with Gasteiger partial charge in [-0.25, -0.2) is 4.98 Å². The summed E-state index contributed by atoms with van der Waals surface area (Å²) in [6.45, 7) is 5.78. The minimum atomic E-state index is -0.193. The number of carbonyl (C=O) groups is 2. The van der Waals surface area contributed by atoms with E-state index in [-0.39, 0.29) is 18.3 Å². The number of benzene rings is 1. The Kier molecular flexibility index (Phi) is 5.27. The van der Waals surface area contributed by atoms with Crippen molar-refractivity contribution in [3.63, 3.8) is 0 Å². The van der Waals surface area contributed by atoms with Crippen molar-refractivity contribution in [1.82, 2.24) is 10.3 Å². The first-order valence-electron chi connectivity index (χ1n) is 6.89. The Morgan fingerprint density at radius 3 is 2.45 bits per heavy atom. The lowest BCUT2D eigenvalue weighted by Crippen LogP contribution is -2.28. The monoisotopic (exact) mass is 318 g/mol. The SMILES string of the molecule is CC(=O)c1ccc(OCC(=O)NCc2sc(C)nc2C)cc1. The van der Waals surface area contributed by atoms with Gasteiger partial charge in [-0.05, 0) is 45.0 Å². The minimum absolute atomic E-state index is 0.000450. The molecule has 0 saturated heterocycles. The highest BCUT2D eigenvalue weighted by Crippen LogP contribution is 2.16. The quantitative estimate of drug-likeness (QED) is 0.831. The normalized spacial score (nSPS) is 10.3. The third kappa shape index (κ3) is 4.39. The fourth-order valence-electron chi connectivity index (χ4n) is 1.90. The highest BCUT2D eigenvalue weighted by molar-refractivity contribution is 7.11. The van der Waals surface area contributed by atoms with Crippen LogP contribution in [0.25, 0.3) is 0 Å². The summed E-state index contributed by atoms with van der Waals surface area (Å²) in [5.41, 5.74) is 1.57. The molecule has 1 aromatic carbocycles. The smallest absolute Gasteiger partial charge is 0.258 e. The molecule has 0 atom stereocenters. The number of hydrogen-bond donors (Lipinski definition) is 1. The lowest BCUT2D eigenvalue weighted by molar-refractivity contribution is -0.123. The van der Waals surface area contributed by atoms with Crippen LogP contribution in [0.2, 0.25) is 0 Å². The molecular formula is C16H18N2O3S. The maximum atomic E-state index is 11.8. The van der Waals surface area contributed by atoms with E-state index < -0.39 is 0 Å². The van der Waals surface area contributed by atoms with Crippen LogP contribution < -0.4 is 10.1 Å². The standard InChI is InChI=1S/C16H18N2O3S/c1-10-15(22-12(3)18-10)8-17-16(20)9-21-14-6-4-13(5-7-14)11(2)19/h4-7H,8-9H2,1-3H3,(H,17,20). The Morgan fingerprint density at radius 1 is 1.23 bits per heavy atom. The highest BCUT2D eigenvalue weighted by Gasteiger charge is 2.08.